The van der Waals surface area contributed by atoms with E-state index in [9.17, 15) is 9.59 Å². The van der Waals surface area contributed by atoms with Crippen LogP contribution in [0.5, 0.6) is 5.75 Å². The van der Waals surface area contributed by atoms with Gasteiger partial charge in [-0.3, -0.25) is 14.9 Å². The van der Waals surface area contributed by atoms with Gasteiger partial charge in [-0.2, -0.15) is 0 Å². The lowest BCUT2D eigenvalue weighted by Gasteiger charge is -2.15. The zero-order valence-electron chi connectivity index (χ0n) is 16.1. The molecule has 0 fully saturated rings. The highest BCUT2D eigenvalue weighted by atomic mass is 35.5. The van der Waals surface area contributed by atoms with Gasteiger partial charge in [-0.05, 0) is 49.0 Å². The average molecular weight is 420 g/mol. The van der Waals surface area contributed by atoms with Crippen LogP contribution in [0.25, 0.3) is 0 Å². The number of thiocarbonyl (C=S) groups is 1. The van der Waals surface area contributed by atoms with E-state index < -0.39 is 5.91 Å². The number of hydrogen-bond donors (Lipinski definition) is 3. The van der Waals surface area contributed by atoms with Gasteiger partial charge in [0.15, 0.2) is 5.11 Å². The second kappa shape index (κ2) is 9.52. The lowest BCUT2D eigenvalue weighted by molar-refractivity contribution is -0.118. The van der Waals surface area contributed by atoms with Crippen LogP contribution in [0.4, 0.5) is 11.4 Å². The van der Waals surface area contributed by atoms with Crippen molar-refractivity contribution in [1.82, 2.24) is 5.32 Å². The number of halogens is 1. The van der Waals surface area contributed by atoms with Crippen LogP contribution >= 0.6 is 23.8 Å². The van der Waals surface area contributed by atoms with Crippen LogP contribution in [0.1, 0.15) is 29.8 Å². The molecule has 0 heterocycles. The molecule has 0 aliphatic heterocycles. The van der Waals surface area contributed by atoms with Crippen LogP contribution in [0.15, 0.2) is 36.4 Å². The van der Waals surface area contributed by atoms with Crippen molar-refractivity contribution >= 4 is 52.1 Å². The van der Waals surface area contributed by atoms with E-state index in [0.717, 1.165) is 5.56 Å². The zero-order chi connectivity index (χ0) is 20.8. The lowest BCUT2D eigenvalue weighted by Crippen LogP contribution is -2.34. The number of rotatable bonds is 5. The third-order valence-electron chi connectivity index (χ3n) is 3.84. The standard InChI is InChI=1S/C20H22ClN3O3S/c1-11(2)18(25)23-16-8-6-13(10-17(16)27-4)22-20(28)24-19(26)14-7-5-12(3)9-15(14)21/h5-11H,1-4H3,(H,23,25)(H2,22,24,26,28). The van der Waals surface area contributed by atoms with Crippen molar-refractivity contribution in [3.63, 3.8) is 0 Å². The summed E-state index contributed by atoms with van der Waals surface area (Å²) in [5.41, 5.74) is 2.44. The zero-order valence-corrected chi connectivity index (χ0v) is 17.6. The van der Waals surface area contributed by atoms with Crippen molar-refractivity contribution in [2.75, 3.05) is 17.7 Å². The Bertz CT molecular complexity index is 916. The van der Waals surface area contributed by atoms with E-state index in [2.05, 4.69) is 16.0 Å². The summed E-state index contributed by atoms with van der Waals surface area (Å²) >= 11 is 11.3. The molecule has 0 aliphatic rings. The Hall–Kier alpha value is -2.64. The molecule has 6 nitrogen and oxygen atoms in total. The molecule has 0 unspecified atom stereocenters. The highest BCUT2D eigenvalue weighted by Crippen LogP contribution is 2.28. The third-order valence-corrected chi connectivity index (χ3v) is 4.35. The summed E-state index contributed by atoms with van der Waals surface area (Å²) in [6.45, 7) is 5.50. The summed E-state index contributed by atoms with van der Waals surface area (Å²) in [7, 11) is 1.50. The quantitative estimate of drug-likeness (QED) is 0.627. The summed E-state index contributed by atoms with van der Waals surface area (Å²) in [5, 5.41) is 8.77. The molecule has 0 bridgehead atoms. The molecule has 0 saturated carbocycles. The van der Waals surface area contributed by atoms with Crippen LogP contribution in [-0.4, -0.2) is 24.0 Å². The minimum absolute atomic E-state index is 0.114. The van der Waals surface area contributed by atoms with E-state index >= 15 is 0 Å². The molecular weight excluding hydrogens is 398 g/mol. The van der Waals surface area contributed by atoms with Crippen LogP contribution in [0.2, 0.25) is 5.02 Å². The van der Waals surface area contributed by atoms with Crippen LogP contribution in [-0.2, 0) is 4.79 Å². The molecule has 2 rings (SSSR count). The lowest BCUT2D eigenvalue weighted by atomic mass is 10.1. The Kier molecular flexibility index (Phi) is 7.37. The van der Waals surface area contributed by atoms with E-state index in [1.54, 1.807) is 50.2 Å². The molecule has 0 spiro atoms. The highest BCUT2D eigenvalue weighted by molar-refractivity contribution is 7.80. The number of amides is 2. The van der Waals surface area contributed by atoms with E-state index in [-0.39, 0.29) is 16.9 Å². The largest absolute Gasteiger partial charge is 0.494 e. The number of benzene rings is 2. The second-order valence-corrected chi connectivity index (χ2v) is 7.27. The van der Waals surface area contributed by atoms with Gasteiger partial charge in [0.05, 0.1) is 23.4 Å². The number of anilines is 2. The van der Waals surface area contributed by atoms with Gasteiger partial charge in [0.2, 0.25) is 5.91 Å². The van der Waals surface area contributed by atoms with Crippen molar-refractivity contribution < 1.29 is 14.3 Å². The van der Waals surface area contributed by atoms with E-state index in [4.69, 9.17) is 28.6 Å². The Morgan fingerprint density at radius 3 is 2.43 bits per heavy atom. The number of carbonyl (C=O) groups excluding carboxylic acids is 2. The predicted octanol–water partition coefficient (Wildman–Crippen LogP) is 4.38. The third kappa shape index (κ3) is 5.68. The van der Waals surface area contributed by atoms with Crippen LogP contribution < -0.4 is 20.7 Å². The molecule has 0 aliphatic carbocycles. The molecule has 0 aromatic heterocycles. The first-order chi connectivity index (χ1) is 13.2. The van der Waals surface area contributed by atoms with Gasteiger partial charge in [0, 0.05) is 17.7 Å². The Morgan fingerprint density at radius 2 is 1.82 bits per heavy atom. The van der Waals surface area contributed by atoms with E-state index in [1.807, 2.05) is 6.92 Å². The Balaban J connectivity index is 2.07. The molecule has 3 N–H and O–H groups in total. The van der Waals surface area contributed by atoms with E-state index in [1.165, 1.54) is 7.11 Å². The first kappa shape index (κ1) is 21.7. The maximum absolute atomic E-state index is 12.3. The summed E-state index contributed by atoms with van der Waals surface area (Å²) in [6, 6.07) is 10.2. The fraction of sp³-hybridized carbons (Fsp3) is 0.250. The second-order valence-electron chi connectivity index (χ2n) is 6.45. The number of nitrogens with one attached hydrogen (secondary N) is 3. The van der Waals surface area contributed by atoms with Gasteiger partial charge in [0.1, 0.15) is 5.75 Å². The number of carbonyl (C=O) groups is 2. The predicted molar refractivity (Wildman–Crippen MR) is 116 cm³/mol. The van der Waals surface area contributed by atoms with Crippen molar-refractivity contribution in [2.45, 2.75) is 20.8 Å². The van der Waals surface area contributed by atoms with Crippen molar-refractivity contribution in [2.24, 2.45) is 5.92 Å². The summed E-state index contributed by atoms with van der Waals surface area (Å²) in [5.74, 6) is -0.208. The summed E-state index contributed by atoms with van der Waals surface area (Å²) in [6.07, 6.45) is 0. The molecule has 8 heteroatoms. The SMILES string of the molecule is COc1cc(NC(=S)NC(=O)c2ccc(C)cc2Cl)ccc1NC(=O)C(C)C. The van der Waals surface area contributed by atoms with Crippen LogP contribution in [0, 0.1) is 12.8 Å². The minimum Gasteiger partial charge on any atom is -0.494 e. The molecule has 2 aromatic carbocycles. The number of ether oxygens (including phenoxy) is 1. The number of hydrogen-bond acceptors (Lipinski definition) is 4. The monoisotopic (exact) mass is 419 g/mol. The van der Waals surface area contributed by atoms with Gasteiger partial charge in [-0.1, -0.05) is 31.5 Å². The minimum atomic E-state index is -0.407. The smallest absolute Gasteiger partial charge is 0.258 e. The van der Waals surface area contributed by atoms with Crippen molar-refractivity contribution in [1.29, 1.82) is 0 Å². The molecule has 148 valence electrons. The molecule has 0 atom stereocenters. The van der Waals surface area contributed by atoms with Gasteiger partial charge >= 0.3 is 0 Å². The summed E-state index contributed by atoms with van der Waals surface area (Å²) < 4.78 is 5.32. The molecule has 2 amide bonds. The van der Waals surface area contributed by atoms with Gasteiger partial charge in [0.25, 0.3) is 5.91 Å². The number of aryl methyl sites for hydroxylation is 1. The maximum atomic E-state index is 12.3. The summed E-state index contributed by atoms with van der Waals surface area (Å²) in [4.78, 5) is 24.2. The van der Waals surface area contributed by atoms with Gasteiger partial charge < -0.3 is 15.4 Å². The molecule has 2 aromatic rings. The fourth-order valence-corrected chi connectivity index (χ4v) is 2.82. The average Bonchev–Trinajstić information content (AvgIpc) is 2.62. The first-order valence-electron chi connectivity index (χ1n) is 8.58. The molecular formula is C20H22ClN3O3S. The fourth-order valence-electron chi connectivity index (χ4n) is 2.29. The van der Waals surface area contributed by atoms with Crippen LogP contribution in [0.3, 0.4) is 0 Å². The first-order valence-corrected chi connectivity index (χ1v) is 9.37. The van der Waals surface area contributed by atoms with Gasteiger partial charge in [-0.25, -0.2) is 0 Å². The highest BCUT2D eigenvalue weighted by Gasteiger charge is 2.14. The van der Waals surface area contributed by atoms with Gasteiger partial charge in [-0.15, -0.1) is 0 Å². The Morgan fingerprint density at radius 1 is 1.11 bits per heavy atom. The molecule has 0 radical (unpaired) electrons. The van der Waals surface area contributed by atoms with Crippen molar-refractivity contribution in [3.8, 4) is 5.75 Å². The maximum Gasteiger partial charge on any atom is 0.258 e. The van der Waals surface area contributed by atoms with Crippen molar-refractivity contribution in [3.05, 3.63) is 52.5 Å². The number of methoxy groups -OCH3 is 1. The molecule has 28 heavy (non-hydrogen) atoms. The normalized spacial score (nSPS) is 10.4. The Labute approximate surface area is 174 Å². The topological polar surface area (TPSA) is 79.5 Å². The van der Waals surface area contributed by atoms with E-state index in [0.29, 0.717) is 27.7 Å². The molecule has 0 saturated heterocycles.